The molecule has 0 aromatic carbocycles. The van der Waals surface area contributed by atoms with Crippen molar-refractivity contribution in [2.45, 2.75) is 38.9 Å². The maximum absolute atomic E-state index is 12.5. The summed E-state index contributed by atoms with van der Waals surface area (Å²) in [6, 6.07) is 4.14. The molecule has 1 aromatic rings. The normalized spacial score (nSPS) is 16.4. The van der Waals surface area contributed by atoms with Crippen LogP contribution in [0.15, 0.2) is 12.1 Å². The lowest BCUT2D eigenvalue weighted by Crippen LogP contribution is -2.36. The van der Waals surface area contributed by atoms with Crippen LogP contribution in [0.4, 0.5) is 19.0 Å². The number of amides is 1. The van der Waals surface area contributed by atoms with Crippen LogP contribution in [0.5, 0.6) is 0 Å². The fraction of sp³-hybridized carbons (Fsp3) is 0.632. The maximum atomic E-state index is 12.5. The van der Waals surface area contributed by atoms with Gasteiger partial charge in [-0.2, -0.15) is 13.2 Å². The van der Waals surface area contributed by atoms with E-state index < -0.39 is 12.1 Å². The van der Waals surface area contributed by atoms with Crippen LogP contribution >= 0.6 is 0 Å². The van der Waals surface area contributed by atoms with Gasteiger partial charge < -0.3 is 19.6 Å². The van der Waals surface area contributed by atoms with Crippen LogP contribution in [0.2, 0.25) is 0 Å². The van der Waals surface area contributed by atoms with Crippen molar-refractivity contribution >= 4 is 17.7 Å². The molecule has 29 heavy (non-hydrogen) atoms. The smallest absolute Gasteiger partial charge is 0.475 e. The number of carbonyl (C=O) groups excluding carboxylic acids is 1. The van der Waals surface area contributed by atoms with E-state index in [9.17, 15) is 18.0 Å². The Morgan fingerprint density at radius 1 is 1.28 bits per heavy atom. The maximum Gasteiger partial charge on any atom is 0.490 e. The summed E-state index contributed by atoms with van der Waals surface area (Å²) in [5, 5.41) is 7.12. The number of fused-ring (bicyclic) bond motifs is 1. The van der Waals surface area contributed by atoms with Crippen molar-refractivity contribution in [3.8, 4) is 0 Å². The Hall–Kier alpha value is -2.36. The molecule has 3 rings (SSSR count). The van der Waals surface area contributed by atoms with Crippen molar-refractivity contribution in [2.24, 2.45) is 5.92 Å². The van der Waals surface area contributed by atoms with Gasteiger partial charge in [0.15, 0.2) is 0 Å². The number of carboxylic acids is 1. The van der Waals surface area contributed by atoms with Crippen LogP contribution < -0.4 is 4.90 Å². The number of aryl methyl sites for hydroxylation is 1. The number of halogens is 3. The molecule has 1 aromatic heterocycles. The summed E-state index contributed by atoms with van der Waals surface area (Å²) in [7, 11) is 1.72. The first-order valence-electron chi connectivity index (χ1n) is 9.40. The second kappa shape index (κ2) is 9.91. The Balaban J connectivity index is 0.000000370. The van der Waals surface area contributed by atoms with Crippen molar-refractivity contribution in [3.05, 3.63) is 23.4 Å². The highest BCUT2D eigenvalue weighted by atomic mass is 19.4. The molecule has 0 spiro atoms. The van der Waals surface area contributed by atoms with Crippen molar-refractivity contribution in [1.82, 2.24) is 9.88 Å². The van der Waals surface area contributed by atoms with Gasteiger partial charge in [-0.05, 0) is 31.7 Å². The molecule has 0 saturated heterocycles. The standard InChI is InChI=1S/C17H25N3O2.C2HF3O2/c1-13-3-6-15-12-20(16(21)11-14-4-5-14)8-7-19(9-10-22-2)17(15)18-13;3-2(4,5)1(6)7/h3,6,14H,4-5,7-12H2,1-2H3;(H,6,7). The first-order valence-corrected chi connectivity index (χ1v) is 9.40. The minimum Gasteiger partial charge on any atom is -0.475 e. The minimum atomic E-state index is -5.08. The molecule has 1 saturated carbocycles. The Morgan fingerprint density at radius 2 is 1.93 bits per heavy atom. The summed E-state index contributed by atoms with van der Waals surface area (Å²) in [6.07, 6.45) is -1.93. The summed E-state index contributed by atoms with van der Waals surface area (Å²) in [5.41, 5.74) is 2.15. The van der Waals surface area contributed by atoms with Gasteiger partial charge in [-0.1, -0.05) is 6.07 Å². The number of methoxy groups -OCH3 is 1. The van der Waals surface area contributed by atoms with E-state index in [2.05, 4.69) is 11.0 Å². The van der Waals surface area contributed by atoms with Crippen molar-refractivity contribution < 1.29 is 32.6 Å². The van der Waals surface area contributed by atoms with Crippen LogP contribution in [-0.2, 0) is 20.9 Å². The molecule has 0 atom stereocenters. The number of anilines is 1. The third-order valence-corrected chi connectivity index (χ3v) is 4.72. The number of aliphatic carboxylic acids is 1. The van der Waals surface area contributed by atoms with E-state index >= 15 is 0 Å². The second-order valence-corrected chi connectivity index (χ2v) is 7.18. The van der Waals surface area contributed by atoms with Gasteiger partial charge in [0.25, 0.3) is 0 Å². The quantitative estimate of drug-likeness (QED) is 0.793. The largest absolute Gasteiger partial charge is 0.490 e. The zero-order chi connectivity index (χ0) is 21.6. The molecule has 2 aliphatic rings. The van der Waals surface area contributed by atoms with E-state index in [0.717, 1.165) is 36.7 Å². The number of pyridine rings is 1. The fourth-order valence-corrected chi connectivity index (χ4v) is 2.93. The average molecular weight is 417 g/mol. The van der Waals surface area contributed by atoms with Crippen LogP contribution in [0.3, 0.4) is 0 Å². The van der Waals surface area contributed by atoms with E-state index in [1.54, 1.807) is 7.11 Å². The van der Waals surface area contributed by atoms with Crippen LogP contribution in [-0.4, -0.2) is 66.4 Å². The molecule has 1 aliphatic carbocycles. The fourth-order valence-electron chi connectivity index (χ4n) is 2.93. The molecule has 0 bridgehead atoms. The Labute approximate surface area is 167 Å². The molecular formula is C19H26F3N3O4. The van der Waals surface area contributed by atoms with E-state index in [-0.39, 0.29) is 0 Å². The number of alkyl halides is 3. The number of ether oxygens (including phenoxy) is 1. The van der Waals surface area contributed by atoms with Crippen molar-refractivity contribution in [3.63, 3.8) is 0 Å². The summed E-state index contributed by atoms with van der Waals surface area (Å²) in [6.45, 7) is 5.76. The zero-order valence-electron chi connectivity index (χ0n) is 16.5. The summed E-state index contributed by atoms with van der Waals surface area (Å²) < 4.78 is 37.0. The van der Waals surface area contributed by atoms with Gasteiger partial charge in [-0.15, -0.1) is 0 Å². The van der Waals surface area contributed by atoms with Gasteiger partial charge in [0, 0.05) is 51.0 Å². The second-order valence-electron chi connectivity index (χ2n) is 7.18. The molecule has 162 valence electrons. The number of aromatic nitrogens is 1. The first kappa shape index (κ1) is 22.9. The lowest BCUT2D eigenvalue weighted by Gasteiger charge is -2.23. The molecule has 1 fully saturated rings. The van der Waals surface area contributed by atoms with Crippen LogP contribution in [0, 0.1) is 12.8 Å². The molecule has 10 heteroatoms. The van der Waals surface area contributed by atoms with Crippen molar-refractivity contribution in [1.29, 1.82) is 0 Å². The highest BCUT2D eigenvalue weighted by Crippen LogP contribution is 2.33. The van der Waals surface area contributed by atoms with E-state index in [1.165, 1.54) is 12.8 Å². The Morgan fingerprint density at radius 3 is 2.48 bits per heavy atom. The number of carbonyl (C=O) groups is 2. The van der Waals surface area contributed by atoms with E-state index in [4.69, 9.17) is 19.6 Å². The van der Waals surface area contributed by atoms with E-state index in [0.29, 0.717) is 31.4 Å². The highest BCUT2D eigenvalue weighted by molar-refractivity contribution is 5.77. The molecule has 2 heterocycles. The van der Waals surface area contributed by atoms with Gasteiger partial charge >= 0.3 is 12.1 Å². The first-order chi connectivity index (χ1) is 13.6. The minimum absolute atomic E-state index is 0.294. The molecule has 0 radical (unpaired) electrons. The van der Waals surface area contributed by atoms with Gasteiger partial charge in [0.05, 0.1) is 6.61 Å². The molecular weight excluding hydrogens is 391 g/mol. The molecule has 1 amide bonds. The Bertz CT molecular complexity index is 723. The predicted molar refractivity (Wildman–Crippen MR) is 99.5 cm³/mol. The van der Waals surface area contributed by atoms with E-state index in [1.807, 2.05) is 17.9 Å². The van der Waals surface area contributed by atoms with Gasteiger partial charge in [-0.3, -0.25) is 4.79 Å². The lowest BCUT2D eigenvalue weighted by molar-refractivity contribution is -0.192. The Kier molecular flexibility index (Phi) is 7.83. The number of nitrogens with zero attached hydrogens (tertiary/aromatic N) is 3. The topological polar surface area (TPSA) is 83.0 Å². The third-order valence-electron chi connectivity index (χ3n) is 4.72. The van der Waals surface area contributed by atoms with Crippen molar-refractivity contribution in [2.75, 3.05) is 38.3 Å². The van der Waals surface area contributed by atoms with Gasteiger partial charge in [0.2, 0.25) is 5.91 Å². The van der Waals surface area contributed by atoms with Crippen LogP contribution in [0.1, 0.15) is 30.5 Å². The van der Waals surface area contributed by atoms with Crippen LogP contribution in [0.25, 0.3) is 0 Å². The predicted octanol–water partition coefficient (Wildman–Crippen LogP) is 2.62. The lowest BCUT2D eigenvalue weighted by atomic mass is 10.2. The third kappa shape index (κ3) is 7.19. The summed E-state index contributed by atoms with van der Waals surface area (Å²) in [5.74, 6) is -0.815. The SMILES string of the molecule is COCCN1CCN(C(=O)CC2CC2)Cc2ccc(C)nc21.O=C(O)C(F)(F)F. The number of hydrogen-bond donors (Lipinski definition) is 1. The summed E-state index contributed by atoms with van der Waals surface area (Å²) in [4.78, 5) is 30.3. The summed E-state index contributed by atoms with van der Waals surface area (Å²) >= 11 is 0. The average Bonchev–Trinajstić information content (AvgIpc) is 3.46. The monoisotopic (exact) mass is 417 g/mol. The molecule has 1 N–H and O–H groups in total. The zero-order valence-corrected chi connectivity index (χ0v) is 16.5. The molecule has 7 nitrogen and oxygen atoms in total. The molecule has 0 unspecified atom stereocenters. The van der Waals surface area contributed by atoms with Gasteiger partial charge in [-0.25, -0.2) is 9.78 Å². The number of carboxylic acid groups (broad SMARTS) is 1. The molecule has 1 aliphatic heterocycles. The highest BCUT2D eigenvalue weighted by Gasteiger charge is 2.38. The number of rotatable bonds is 5. The number of hydrogen-bond acceptors (Lipinski definition) is 5. The van der Waals surface area contributed by atoms with Gasteiger partial charge in [0.1, 0.15) is 5.82 Å².